The van der Waals surface area contributed by atoms with Crippen molar-refractivity contribution in [3.05, 3.63) is 44.6 Å². The summed E-state index contributed by atoms with van der Waals surface area (Å²) in [4.78, 5) is 1.30. The molecule has 1 N–H and O–H groups in total. The summed E-state index contributed by atoms with van der Waals surface area (Å²) in [6.07, 6.45) is 0. The number of methoxy groups -OCH3 is 2. The van der Waals surface area contributed by atoms with E-state index in [9.17, 15) is 0 Å². The Labute approximate surface area is 125 Å². The Hall–Kier alpha value is -1.04. The van der Waals surface area contributed by atoms with Gasteiger partial charge in [0.2, 0.25) is 0 Å². The van der Waals surface area contributed by atoms with Crippen molar-refractivity contribution in [3.8, 4) is 11.5 Å². The topological polar surface area (TPSA) is 30.5 Å². The lowest BCUT2D eigenvalue weighted by Crippen LogP contribution is -2.12. The average molecular weight is 342 g/mol. The van der Waals surface area contributed by atoms with Gasteiger partial charge in [0.15, 0.2) is 0 Å². The smallest absolute Gasteiger partial charge is 0.127 e. The van der Waals surface area contributed by atoms with Crippen molar-refractivity contribution in [2.45, 2.75) is 13.1 Å². The largest absolute Gasteiger partial charge is 0.497 e. The van der Waals surface area contributed by atoms with Crippen molar-refractivity contribution in [1.82, 2.24) is 5.32 Å². The lowest BCUT2D eigenvalue weighted by atomic mass is 10.2. The molecule has 0 aliphatic heterocycles. The second-order valence-electron chi connectivity index (χ2n) is 3.99. The van der Waals surface area contributed by atoms with Gasteiger partial charge in [0.25, 0.3) is 0 Å². The molecule has 0 unspecified atom stereocenters. The van der Waals surface area contributed by atoms with E-state index in [4.69, 9.17) is 9.47 Å². The third kappa shape index (κ3) is 3.96. The van der Waals surface area contributed by atoms with Crippen molar-refractivity contribution in [2.24, 2.45) is 0 Å². The first-order valence-corrected chi connectivity index (χ1v) is 7.49. The molecule has 0 atom stereocenters. The number of benzene rings is 1. The van der Waals surface area contributed by atoms with Crippen LogP contribution in [-0.2, 0) is 13.1 Å². The fraction of sp³-hybridized carbons (Fsp3) is 0.286. The molecule has 0 spiro atoms. The molecule has 0 bridgehead atoms. The molecule has 0 amide bonds. The minimum Gasteiger partial charge on any atom is -0.497 e. The Balaban J connectivity index is 1.95. The molecule has 1 aromatic heterocycles. The molecule has 0 saturated heterocycles. The van der Waals surface area contributed by atoms with Crippen LogP contribution < -0.4 is 14.8 Å². The maximum Gasteiger partial charge on any atom is 0.127 e. The fourth-order valence-electron chi connectivity index (χ4n) is 1.77. The van der Waals surface area contributed by atoms with E-state index in [-0.39, 0.29) is 0 Å². The van der Waals surface area contributed by atoms with Crippen molar-refractivity contribution in [2.75, 3.05) is 14.2 Å². The second kappa shape index (κ2) is 6.93. The fourth-order valence-corrected chi connectivity index (χ4v) is 3.22. The maximum atomic E-state index is 5.37. The summed E-state index contributed by atoms with van der Waals surface area (Å²) in [5, 5.41) is 3.41. The lowest BCUT2D eigenvalue weighted by molar-refractivity contribution is 0.390. The molecule has 0 fully saturated rings. The minimum absolute atomic E-state index is 0.767. The van der Waals surface area contributed by atoms with E-state index in [1.54, 1.807) is 25.6 Å². The molecule has 102 valence electrons. The maximum absolute atomic E-state index is 5.37. The first-order chi connectivity index (χ1) is 9.22. The van der Waals surface area contributed by atoms with Gasteiger partial charge in [0.1, 0.15) is 11.5 Å². The minimum atomic E-state index is 0.767. The summed E-state index contributed by atoms with van der Waals surface area (Å²) >= 11 is 5.21. The van der Waals surface area contributed by atoms with Gasteiger partial charge in [-0.3, -0.25) is 0 Å². The summed E-state index contributed by atoms with van der Waals surface area (Å²) < 4.78 is 11.7. The van der Waals surface area contributed by atoms with E-state index >= 15 is 0 Å². The monoisotopic (exact) mass is 341 g/mol. The number of halogens is 1. The Morgan fingerprint density at radius 2 is 1.95 bits per heavy atom. The molecule has 0 radical (unpaired) electrons. The van der Waals surface area contributed by atoms with Gasteiger partial charge >= 0.3 is 0 Å². The van der Waals surface area contributed by atoms with E-state index in [2.05, 4.69) is 33.4 Å². The number of nitrogens with one attached hydrogen (secondary N) is 1. The lowest BCUT2D eigenvalue weighted by Gasteiger charge is -2.10. The highest BCUT2D eigenvalue weighted by Gasteiger charge is 2.05. The van der Waals surface area contributed by atoms with Crippen LogP contribution in [0.15, 0.2) is 34.1 Å². The van der Waals surface area contributed by atoms with Crippen molar-refractivity contribution in [3.63, 3.8) is 0 Å². The van der Waals surface area contributed by atoms with E-state index < -0.39 is 0 Å². The van der Waals surface area contributed by atoms with Gasteiger partial charge in [-0.2, -0.15) is 0 Å². The molecule has 1 heterocycles. The summed E-state index contributed by atoms with van der Waals surface area (Å²) in [5.74, 6) is 1.65. The van der Waals surface area contributed by atoms with Crippen LogP contribution in [0.25, 0.3) is 0 Å². The molecule has 2 aromatic rings. The van der Waals surface area contributed by atoms with E-state index in [1.807, 2.05) is 18.2 Å². The van der Waals surface area contributed by atoms with Crippen LogP contribution in [0.5, 0.6) is 11.5 Å². The summed E-state index contributed by atoms with van der Waals surface area (Å²) in [5.41, 5.74) is 1.12. The summed E-state index contributed by atoms with van der Waals surface area (Å²) in [7, 11) is 3.33. The van der Waals surface area contributed by atoms with Gasteiger partial charge < -0.3 is 14.8 Å². The van der Waals surface area contributed by atoms with E-state index in [1.165, 1.54) is 4.88 Å². The highest BCUT2D eigenvalue weighted by Crippen LogP contribution is 2.25. The second-order valence-corrected chi connectivity index (χ2v) is 6.53. The number of hydrogen-bond donors (Lipinski definition) is 1. The molecule has 1 aromatic carbocycles. The Bertz CT molecular complexity index is 542. The molecular formula is C14H16BrNO2S. The standard InChI is InChI=1S/C14H16BrNO2S/c1-17-11-4-3-10(13(7-11)18-2)8-16-9-12-5-6-14(15)19-12/h3-7,16H,8-9H2,1-2H3. The highest BCUT2D eigenvalue weighted by molar-refractivity contribution is 9.11. The first-order valence-electron chi connectivity index (χ1n) is 5.88. The molecule has 0 aliphatic rings. The number of rotatable bonds is 6. The summed E-state index contributed by atoms with van der Waals surface area (Å²) in [6.45, 7) is 1.62. The first kappa shape index (κ1) is 14.4. The van der Waals surface area contributed by atoms with Gasteiger partial charge in [0, 0.05) is 29.6 Å². The number of thiophene rings is 1. The van der Waals surface area contributed by atoms with Crippen LogP contribution in [-0.4, -0.2) is 14.2 Å². The zero-order chi connectivity index (χ0) is 13.7. The van der Waals surface area contributed by atoms with Crippen LogP contribution in [0.3, 0.4) is 0 Å². The van der Waals surface area contributed by atoms with Gasteiger partial charge in [-0.05, 0) is 34.1 Å². The van der Waals surface area contributed by atoms with Crippen molar-refractivity contribution >= 4 is 27.3 Å². The van der Waals surface area contributed by atoms with Crippen LogP contribution in [0, 0.1) is 0 Å². The Morgan fingerprint density at radius 1 is 1.11 bits per heavy atom. The molecule has 2 rings (SSSR count). The highest BCUT2D eigenvalue weighted by atomic mass is 79.9. The van der Waals surface area contributed by atoms with Gasteiger partial charge in [-0.15, -0.1) is 11.3 Å². The summed E-state index contributed by atoms with van der Waals surface area (Å²) in [6, 6.07) is 10.1. The average Bonchev–Trinajstić information content (AvgIpc) is 2.84. The Kier molecular flexibility index (Phi) is 5.24. The van der Waals surface area contributed by atoms with Crippen molar-refractivity contribution < 1.29 is 9.47 Å². The normalized spacial score (nSPS) is 10.5. The molecule has 0 saturated carbocycles. The van der Waals surface area contributed by atoms with Gasteiger partial charge in [-0.25, -0.2) is 0 Å². The van der Waals surface area contributed by atoms with Crippen molar-refractivity contribution in [1.29, 1.82) is 0 Å². The third-order valence-corrected chi connectivity index (χ3v) is 4.36. The van der Waals surface area contributed by atoms with Crippen LogP contribution >= 0.6 is 27.3 Å². The molecular weight excluding hydrogens is 326 g/mol. The van der Waals surface area contributed by atoms with E-state index in [0.717, 1.165) is 33.9 Å². The number of ether oxygens (including phenoxy) is 2. The quantitative estimate of drug-likeness (QED) is 0.866. The molecule has 0 aliphatic carbocycles. The predicted molar refractivity (Wildman–Crippen MR) is 82.1 cm³/mol. The van der Waals surface area contributed by atoms with Crippen LogP contribution in [0.4, 0.5) is 0 Å². The van der Waals surface area contributed by atoms with Crippen LogP contribution in [0.2, 0.25) is 0 Å². The molecule has 19 heavy (non-hydrogen) atoms. The van der Waals surface area contributed by atoms with Crippen LogP contribution in [0.1, 0.15) is 10.4 Å². The SMILES string of the molecule is COc1ccc(CNCc2ccc(Br)s2)c(OC)c1. The third-order valence-electron chi connectivity index (χ3n) is 2.74. The van der Waals surface area contributed by atoms with Gasteiger partial charge in [-0.1, -0.05) is 6.07 Å². The number of hydrogen-bond acceptors (Lipinski definition) is 4. The zero-order valence-corrected chi connectivity index (χ0v) is 13.3. The molecule has 3 nitrogen and oxygen atoms in total. The Morgan fingerprint density at radius 3 is 2.58 bits per heavy atom. The van der Waals surface area contributed by atoms with Gasteiger partial charge in [0.05, 0.1) is 18.0 Å². The van der Waals surface area contributed by atoms with E-state index in [0.29, 0.717) is 0 Å². The zero-order valence-electron chi connectivity index (χ0n) is 10.9. The molecule has 5 heteroatoms. The predicted octanol–water partition coefficient (Wildman–Crippen LogP) is 3.82.